The molecule has 2 rings (SSSR count). The van der Waals surface area contributed by atoms with Crippen molar-refractivity contribution >= 4 is 15.9 Å². The topological polar surface area (TPSA) is 25.2 Å². The Bertz CT molecular complexity index is 269. The van der Waals surface area contributed by atoms with Crippen molar-refractivity contribution in [3.63, 3.8) is 0 Å². The first kappa shape index (κ1) is 7.37. The van der Waals surface area contributed by atoms with Crippen molar-refractivity contribution in [1.29, 1.82) is 0 Å². The fourth-order valence-electron chi connectivity index (χ4n) is 1.49. The second kappa shape index (κ2) is 2.64. The second-order valence-corrected chi connectivity index (χ2v) is 3.65. The van der Waals surface area contributed by atoms with Gasteiger partial charge in [-0.15, -0.1) is 0 Å². The Hall–Kier alpha value is -0.280. The van der Waals surface area contributed by atoms with Crippen molar-refractivity contribution in [2.75, 3.05) is 6.54 Å². The summed E-state index contributed by atoms with van der Waals surface area (Å²) >= 11 is 3.33. The van der Waals surface area contributed by atoms with Crippen LogP contribution in [0, 0.1) is 0 Å². The number of fused-ring (bicyclic) bond motifs is 1. The summed E-state index contributed by atoms with van der Waals surface area (Å²) in [5, 5.41) is 3.34. The summed E-state index contributed by atoms with van der Waals surface area (Å²) in [5.41, 5.74) is 1.34. The number of hydrogen-bond donors (Lipinski definition) is 1. The van der Waals surface area contributed by atoms with Crippen LogP contribution in [0.4, 0.5) is 0 Å². The van der Waals surface area contributed by atoms with Crippen LogP contribution in [0.5, 0.6) is 0 Å². The highest BCUT2D eigenvalue weighted by Crippen LogP contribution is 2.28. The number of halogens is 1. The van der Waals surface area contributed by atoms with Crippen LogP contribution in [0.15, 0.2) is 15.2 Å². The molecule has 0 fully saturated rings. The first-order chi connectivity index (χ1) is 5.27. The van der Waals surface area contributed by atoms with E-state index in [0.717, 1.165) is 23.4 Å². The zero-order valence-corrected chi connectivity index (χ0v) is 7.94. The van der Waals surface area contributed by atoms with Gasteiger partial charge in [-0.25, -0.2) is 0 Å². The fourth-order valence-corrected chi connectivity index (χ4v) is 1.94. The van der Waals surface area contributed by atoms with E-state index in [1.807, 2.05) is 0 Å². The first-order valence-electron chi connectivity index (χ1n) is 3.79. The van der Waals surface area contributed by atoms with Crippen molar-refractivity contribution in [1.82, 2.24) is 5.32 Å². The largest absolute Gasteiger partial charge is 0.452 e. The molecule has 1 aromatic heterocycles. The average molecular weight is 216 g/mol. The maximum absolute atomic E-state index is 5.47. The van der Waals surface area contributed by atoms with Crippen molar-refractivity contribution in [2.45, 2.75) is 19.4 Å². The van der Waals surface area contributed by atoms with Crippen LogP contribution in [-0.2, 0) is 6.42 Å². The Labute approximate surface area is 74.1 Å². The number of hydrogen-bond acceptors (Lipinski definition) is 2. The number of nitrogens with one attached hydrogen (secondary N) is 1. The summed E-state index contributed by atoms with van der Waals surface area (Å²) in [6, 6.07) is 2.43. The van der Waals surface area contributed by atoms with Crippen LogP contribution in [0.1, 0.15) is 24.3 Å². The zero-order valence-electron chi connectivity index (χ0n) is 6.36. The van der Waals surface area contributed by atoms with Gasteiger partial charge in [-0.2, -0.15) is 0 Å². The van der Waals surface area contributed by atoms with E-state index in [4.69, 9.17) is 4.42 Å². The summed E-state index contributed by atoms with van der Waals surface area (Å²) in [4.78, 5) is 0. The number of furan rings is 1. The van der Waals surface area contributed by atoms with Gasteiger partial charge in [-0.3, -0.25) is 0 Å². The Kier molecular flexibility index (Phi) is 1.77. The molecule has 1 N–H and O–H groups in total. The van der Waals surface area contributed by atoms with Gasteiger partial charge in [-0.05, 0) is 47.4 Å². The predicted molar refractivity (Wildman–Crippen MR) is 46.5 cm³/mol. The average Bonchev–Trinajstić information content (AvgIpc) is 2.31. The van der Waals surface area contributed by atoms with Gasteiger partial charge in [0, 0.05) is 0 Å². The summed E-state index contributed by atoms with van der Waals surface area (Å²) in [6.45, 7) is 3.17. The van der Waals surface area contributed by atoms with Gasteiger partial charge in [0.05, 0.1) is 6.04 Å². The normalized spacial score (nSPS) is 23.3. The molecule has 3 heteroatoms. The lowest BCUT2D eigenvalue weighted by atomic mass is 10.1. The summed E-state index contributed by atoms with van der Waals surface area (Å²) < 4.78 is 6.32. The highest BCUT2D eigenvalue weighted by Gasteiger charge is 2.19. The molecular weight excluding hydrogens is 206 g/mol. The molecule has 0 bridgehead atoms. The van der Waals surface area contributed by atoms with E-state index >= 15 is 0 Å². The molecule has 11 heavy (non-hydrogen) atoms. The molecule has 0 aliphatic carbocycles. The maximum atomic E-state index is 5.47. The predicted octanol–water partition coefficient (Wildman–Crippen LogP) is 2.25. The lowest BCUT2D eigenvalue weighted by Crippen LogP contribution is -2.26. The highest BCUT2D eigenvalue weighted by atomic mass is 79.9. The van der Waals surface area contributed by atoms with Crippen LogP contribution < -0.4 is 5.32 Å². The minimum atomic E-state index is 0.366. The highest BCUT2D eigenvalue weighted by molar-refractivity contribution is 9.10. The van der Waals surface area contributed by atoms with Gasteiger partial charge in [-0.1, -0.05) is 0 Å². The molecular formula is C8H10BrNO. The second-order valence-electron chi connectivity index (χ2n) is 2.87. The molecule has 1 unspecified atom stereocenters. The monoisotopic (exact) mass is 215 g/mol. The third-order valence-corrected chi connectivity index (χ3v) is 2.44. The Morgan fingerprint density at radius 1 is 1.73 bits per heavy atom. The van der Waals surface area contributed by atoms with E-state index in [0.29, 0.717) is 6.04 Å². The van der Waals surface area contributed by atoms with Crippen LogP contribution >= 0.6 is 15.9 Å². The van der Waals surface area contributed by atoms with E-state index in [2.05, 4.69) is 34.2 Å². The number of rotatable bonds is 0. The quantitative estimate of drug-likeness (QED) is 0.719. The van der Waals surface area contributed by atoms with E-state index < -0.39 is 0 Å². The Morgan fingerprint density at radius 3 is 3.27 bits per heavy atom. The fraction of sp³-hybridized carbons (Fsp3) is 0.500. The summed E-state index contributed by atoms with van der Waals surface area (Å²) in [5.74, 6) is 1.09. The van der Waals surface area contributed by atoms with E-state index in [1.54, 1.807) is 0 Å². The Morgan fingerprint density at radius 2 is 2.55 bits per heavy atom. The van der Waals surface area contributed by atoms with Crippen molar-refractivity contribution in [3.05, 3.63) is 22.1 Å². The van der Waals surface area contributed by atoms with E-state index in [-0.39, 0.29) is 0 Å². The van der Waals surface area contributed by atoms with Gasteiger partial charge < -0.3 is 9.73 Å². The zero-order chi connectivity index (χ0) is 7.84. The standard InChI is InChI=1S/C8H10BrNO/c1-5-8-6(2-3-10-5)4-7(9)11-8/h4-5,10H,2-3H2,1H3. The van der Waals surface area contributed by atoms with E-state index in [9.17, 15) is 0 Å². The molecule has 1 aliphatic heterocycles. The molecule has 1 aliphatic rings. The van der Waals surface area contributed by atoms with Crippen molar-refractivity contribution in [3.8, 4) is 0 Å². The van der Waals surface area contributed by atoms with Gasteiger partial charge in [0.25, 0.3) is 0 Å². The molecule has 0 saturated carbocycles. The van der Waals surface area contributed by atoms with Gasteiger partial charge in [0.1, 0.15) is 5.76 Å². The van der Waals surface area contributed by atoms with Crippen LogP contribution in [0.3, 0.4) is 0 Å². The molecule has 1 aromatic rings. The molecule has 0 amide bonds. The summed E-state index contributed by atoms with van der Waals surface area (Å²) in [7, 11) is 0. The SMILES string of the molecule is CC1NCCc2cc(Br)oc21. The van der Waals surface area contributed by atoms with Crippen LogP contribution in [0.2, 0.25) is 0 Å². The molecule has 2 heterocycles. The van der Waals surface area contributed by atoms with Gasteiger partial charge >= 0.3 is 0 Å². The lowest BCUT2D eigenvalue weighted by Gasteiger charge is -2.18. The third kappa shape index (κ3) is 1.23. The van der Waals surface area contributed by atoms with Gasteiger partial charge in [0.2, 0.25) is 0 Å². The minimum absolute atomic E-state index is 0.366. The molecule has 0 aromatic carbocycles. The molecule has 0 radical (unpaired) electrons. The van der Waals surface area contributed by atoms with Crippen molar-refractivity contribution in [2.24, 2.45) is 0 Å². The molecule has 0 saturated heterocycles. The molecule has 0 spiro atoms. The lowest BCUT2D eigenvalue weighted by molar-refractivity contribution is 0.399. The Balaban J connectivity index is 2.43. The maximum Gasteiger partial charge on any atom is 0.169 e. The van der Waals surface area contributed by atoms with E-state index in [1.165, 1.54) is 5.56 Å². The smallest absolute Gasteiger partial charge is 0.169 e. The van der Waals surface area contributed by atoms with Crippen LogP contribution in [-0.4, -0.2) is 6.54 Å². The van der Waals surface area contributed by atoms with Crippen LogP contribution in [0.25, 0.3) is 0 Å². The molecule has 60 valence electrons. The first-order valence-corrected chi connectivity index (χ1v) is 4.58. The molecule has 2 nitrogen and oxygen atoms in total. The summed E-state index contributed by atoms with van der Waals surface area (Å²) in [6.07, 6.45) is 1.08. The van der Waals surface area contributed by atoms with Crippen molar-refractivity contribution < 1.29 is 4.42 Å². The minimum Gasteiger partial charge on any atom is -0.452 e. The molecule has 1 atom stereocenters. The van der Waals surface area contributed by atoms with Gasteiger partial charge in [0.15, 0.2) is 4.67 Å². The third-order valence-electron chi connectivity index (χ3n) is 2.05.